The highest BCUT2D eigenvalue weighted by atomic mass is 16.6. The standard InChI is InChI=1S/C26H32N4O7/c1-16-15-21(29-28-16)36-13-9-5-6-10-14-37-26(32)23-18(3)27-17(2)22(25(31)35-4)24(23)19-11-7-8-12-20(19)30(33)34/h7-8,11-12,15,24,27H,5-6,9-10,13-14H2,1-4H3,(H,28,29). The Labute approximate surface area is 215 Å². The van der Waals surface area contributed by atoms with Gasteiger partial charge in [-0.05, 0) is 46.5 Å². The molecule has 0 radical (unpaired) electrons. The molecular weight excluding hydrogens is 480 g/mol. The first-order valence-electron chi connectivity index (χ1n) is 12.1. The number of dihydropyridines is 1. The van der Waals surface area contributed by atoms with E-state index in [2.05, 4.69) is 15.5 Å². The number of aromatic amines is 1. The molecule has 0 amide bonds. The monoisotopic (exact) mass is 512 g/mol. The minimum Gasteiger partial charge on any atom is -0.477 e. The number of aromatic nitrogens is 2. The van der Waals surface area contributed by atoms with Crippen LogP contribution in [0, 0.1) is 17.0 Å². The number of para-hydroxylation sites is 1. The Bertz CT molecular complexity index is 1220. The number of unbranched alkanes of at least 4 members (excludes halogenated alkanes) is 3. The maximum Gasteiger partial charge on any atom is 0.336 e. The van der Waals surface area contributed by atoms with E-state index >= 15 is 0 Å². The zero-order chi connectivity index (χ0) is 26.9. The summed E-state index contributed by atoms with van der Waals surface area (Å²) < 4.78 is 16.1. The number of H-pyrrole nitrogens is 1. The predicted octanol–water partition coefficient (Wildman–Crippen LogP) is 4.22. The lowest BCUT2D eigenvalue weighted by atomic mass is 9.79. The summed E-state index contributed by atoms with van der Waals surface area (Å²) in [5.41, 5.74) is 2.13. The summed E-state index contributed by atoms with van der Waals surface area (Å²) in [6.07, 6.45) is 3.19. The van der Waals surface area contributed by atoms with E-state index in [-0.39, 0.29) is 29.0 Å². The van der Waals surface area contributed by atoms with Gasteiger partial charge in [0.15, 0.2) is 0 Å². The number of carbonyl (C=O) groups is 2. The first kappa shape index (κ1) is 27.4. The number of esters is 2. The molecule has 11 heteroatoms. The number of nitro groups is 1. The molecular formula is C26H32N4O7. The maximum absolute atomic E-state index is 13.2. The molecule has 0 aliphatic carbocycles. The Morgan fingerprint density at radius 2 is 1.65 bits per heavy atom. The van der Waals surface area contributed by atoms with Gasteiger partial charge in [0.1, 0.15) is 0 Å². The van der Waals surface area contributed by atoms with Crippen LogP contribution in [0.15, 0.2) is 52.9 Å². The molecule has 37 heavy (non-hydrogen) atoms. The summed E-state index contributed by atoms with van der Waals surface area (Å²) in [6, 6.07) is 7.88. The highest BCUT2D eigenvalue weighted by Crippen LogP contribution is 2.42. The molecule has 1 unspecified atom stereocenters. The Morgan fingerprint density at radius 3 is 2.27 bits per heavy atom. The van der Waals surface area contributed by atoms with Gasteiger partial charge in [0.05, 0.1) is 42.3 Å². The molecule has 11 nitrogen and oxygen atoms in total. The lowest BCUT2D eigenvalue weighted by molar-refractivity contribution is -0.385. The molecule has 2 aromatic rings. The summed E-state index contributed by atoms with van der Waals surface area (Å²) in [7, 11) is 1.23. The largest absolute Gasteiger partial charge is 0.477 e. The summed E-state index contributed by atoms with van der Waals surface area (Å²) in [6.45, 7) is 5.96. The molecule has 0 saturated heterocycles. The van der Waals surface area contributed by atoms with Crippen LogP contribution >= 0.6 is 0 Å². The number of nitrogens with one attached hydrogen (secondary N) is 2. The van der Waals surface area contributed by atoms with Crippen molar-refractivity contribution in [1.82, 2.24) is 15.5 Å². The molecule has 1 atom stereocenters. The van der Waals surface area contributed by atoms with Crippen molar-refractivity contribution in [1.29, 1.82) is 0 Å². The number of carbonyl (C=O) groups excluding carboxylic acids is 2. The minimum absolute atomic E-state index is 0.126. The third kappa shape index (κ3) is 6.75. The highest BCUT2D eigenvalue weighted by molar-refractivity contribution is 6.00. The molecule has 3 rings (SSSR count). The third-order valence-corrected chi connectivity index (χ3v) is 6.03. The van der Waals surface area contributed by atoms with E-state index in [4.69, 9.17) is 14.2 Å². The predicted molar refractivity (Wildman–Crippen MR) is 135 cm³/mol. The Morgan fingerprint density at radius 1 is 1.00 bits per heavy atom. The van der Waals surface area contributed by atoms with Gasteiger partial charge in [-0.1, -0.05) is 18.2 Å². The summed E-state index contributed by atoms with van der Waals surface area (Å²) in [4.78, 5) is 37.2. The molecule has 0 bridgehead atoms. The third-order valence-electron chi connectivity index (χ3n) is 6.03. The number of ether oxygens (including phenoxy) is 3. The van der Waals surface area contributed by atoms with E-state index in [9.17, 15) is 19.7 Å². The van der Waals surface area contributed by atoms with Crippen molar-refractivity contribution >= 4 is 17.6 Å². The lowest BCUT2D eigenvalue weighted by Crippen LogP contribution is -2.32. The van der Waals surface area contributed by atoms with Crippen LogP contribution in [0.5, 0.6) is 5.88 Å². The summed E-state index contributed by atoms with van der Waals surface area (Å²) in [5.74, 6) is -1.76. The van der Waals surface area contributed by atoms with Crippen molar-refractivity contribution in [3.8, 4) is 5.88 Å². The van der Waals surface area contributed by atoms with Crippen LogP contribution in [0.2, 0.25) is 0 Å². The van der Waals surface area contributed by atoms with Gasteiger partial charge in [0.2, 0.25) is 5.88 Å². The van der Waals surface area contributed by atoms with E-state index in [1.165, 1.54) is 25.3 Å². The fourth-order valence-electron chi connectivity index (χ4n) is 4.30. The molecule has 0 saturated carbocycles. The van der Waals surface area contributed by atoms with Crippen molar-refractivity contribution < 1.29 is 28.7 Å². The molecule has 198 valence electrons. The molecule has 1 aromatic carbocycles. The van der Waals surface area contributed by atoms with Crippen molar-refractivity contribution in [3.63, 3.8) is 0 Å². The molecule has 0 fully saturated rings. The Balaban J connectivity index is 1.65. The topological polar surface area (TPSA) is 146 Å². The molecule has 1 aliphatic heterocycles. The SMILES string of the molecule is COC(=O)C1=C(C)NC(C)=C(C(=O)OCCCCCCOc2cc(C)[nH]n2)C1c1ccccc1[N+](=O)[O-]. The van der Waals surface area contributed by atoms with Gasteiger partial charge in [0, 0.05) is 34.8 Å². The normalized spacial score (nSPS) is 15.3. The fourth-order valence-corrected chi connectivity index (χ4v) is 4.30. The van der Waals surface area contributed by atoms with E-state index in [0.717, 1.165) is 25.0 Å². The van der Waals surface area contributed by atoms with Crippen LogP contribution in [-0.2, 0) is 19.1 Å². The van der Waals surface area contributed by atoms with Gasteiger partial charge in [-0.2, -0.15) is 0 Å². The van der Waals surface area contributed by atoms with Crippen molar-refractivity contribution in [2.45, 2.75) is 52.4 Å². The highest BCUT2D eigenvalue weighted by Gasteiger charge is 2.40. The smallest absolute Gasteiger partial charge is 0.336 e. The first-order chi connectivity index (χ1) is 17.7. The molecule has 1 aliphatic rings. The minimum atomic E-state index is -1.01. The Hall–Kier alpha value is -4.15. The number of benzene rings is 1. The fraction of sp³-hybridized carbons (Fsp3) is 0.423. The van der Waals surface area contributed by atoms with Crippen LogP contribution in [-0.4, -0.2) is 47.4 Å². The van der Waals surface area contributed by atoms with Crippen LogP contribution in [0.1, 0.15) is 56.7 Å². The Kier molecular flexibility index (Phi) is 9.42. The van der Waals surface area contributed by atoms with Crippen LogP contribution in [0.25, 0.3) is 0 Å². The first-order valence-corrected chi connectivity index (χ1v) is 12.1. The lowest BCUT2D eigenvalue weighted by Gasteiger charge is -2.30. The van der Waals surface area contributed by atoms with Crippen LogP contribution in [0.3, 0.4) is 0 Å². The second-order valence-corrected chi connectivity index (χ2v) is 8.73. The van der Waals surface area contributed by atoms with Gasteiger partial charge < -0.3 is 19.5 Å². The van der Waals surface area contributed by atoms with Crippen molar-refractivity contribution in [3.05, 3.63) is 74.2 Å². The second kappa shape index (κ2) is 12.7. The van der Waals surface area contributed by atoms with E-state index in [1.807, 2.05) is 13.0 Å². The molecule has 2 N–H and O–H groups in total. The molecule has 2 heterocycles. The molecule has 1 aromatic heterocycles. The van der Waals surface area contributed by atoms with Crippen LogP contribution < -0.4 is 10.1 Å². The van der Waals surface area contributed by atoms with E-state index in [1.54, 1.807) is 19.9 Å². The van der Waals surface area contributed by atoms with Crippen molar-refractivity contribution in [2.24, 2.45) is 0 Å². The average molecular weight is 513 g/mol. The number of rotatable bonds is 12. The number of hydrogen-bond acceptors (Lipinski definition) is 9. The molecule has 0 spiro atoms. The second-order valence-electron chi connectivity index (χ2n) is 8.73. The van der Waals surface area contributed by atoms with Crippen molar-refractivity contribution in [2.75, 3.05) is 20.3 Å². The number of methoxy groups -OCH3 is 1. The number of allylic oxidation sites excluding steroid dienone is 2. The van der Waals surface area contributed by atoms with Gasteiger partial charge in [0.25, 0.3) is 5.69 Å². The summed E-state index contributed by atoms with van der Waals surface area (Å²) in [5, 5.41) is 21.6. The summed E-state index contributed by atoms with van der Waals surface area (Å²) >= 11 is 0. The van der Waals surface area contributed by atoms with E-state index in [0.29, 0.717) is 30.3 Å². The number of hydrogen-bond donors (Lipinski definition) is 2. The van der Waals surface area contributed by atoms with E-state index < -0.39 is 22.8 Å². The quantitative estimate of drug-likeness (QED) is 0.185. The number of aryl methyl sites for hydroxylation is 1. The van der Waals surface area contributed by atoms with Gasteiger partial charge in [-0.25, -0.2) is 9.59 Å². The van der Waals surface area contributed by atoms with Crippen LogP contribution in [0.4, 0.5) is 5.69 Å². The zero-order valence-electron chi connectivity index (χ0n) is 21.5. The van der Waals surface area contributed by atoms with Gasteiger partial charge in [-0.3, -0.25) is 15.2 Å². The average Bonchev–Trinajstić information content (AvgIpc) is 3.29. The zero-order valence-corrected chi connectivity index (χ0v) is 21.5. The number of nitro benzene ring substituents is 1. The maximum atomic E-state index is 13.2. The van der Waals surface area contributed by atoms with Gasteiger partial charge >= 0.3 is 11.9 Å². The number of nitrogens with zero attached hydrogens (tertiary/aromatic N) is 2. The van der Waals surface area contributed by atoms with Gasteiger partial charge in [-0.15, -0.1) is 5.10 Å².